The molecule has 0 saturated carbocycles. The topological polar surface area (TPSA) is 151 Å². The predicted molar refractivity (Wildman–Crippen MR) is 260 cm³/mol. The molecule has 5 amide bonds. The van der Waals surface area contributed by atoms with Gasteiger partial charge in [-0.25, -0.2) is 4.98 Å². The Morgan fingerprint density at radius 2 is 1.59 bits per heavy atom. The molecule has 2 aromatic heterocycles. The van der Waals surface area contributed by atoms with E-state index in [0.717, 1.165) is 132 Å². The summed E-state index contributed by atoms with van der Waals surface area (Å²) in [5, 5.41) is 5.32. The van der Waals surface area contributed by atoms with Gasteiger partial charge in [-0.15, -0.1) is 0 Å². The molecule has 4 fully saturated rings. The standard InChI is InChI=1S/C54H61N9O5/c64-50(18-13-42-5-3-24-55-35-42)56-25-2-1-4-39-20-26-62(27-21-39)53(67)44-15-17-49(57-36-44)61-28-22-46(23-29-61)60-32-30-59(31-33-60)37-43-10-7-40(8-11-43)6-9-41-12-14-45-38-63(54(68)47(45)34-41)48-16-19-51(65)58-52(48)66/h3,5,7-8,10-15,17-18,24,34-36,39,46,48H,1-2,4,16,19-23,25-33,37-38H2,(H,56,64)(H,58,65,66)/b18-13+. The van der Waals surface area contributed by atoms with Gasteiger partial charge in [-0.1, -0.05) is 48.9 Å². The van der Waals surface area contributed by atoms with E-state index in [4.69, 9.17) is 4.98 Å². The third-order valence-electron chi connectivity index (χ3n) is 14.3. The number of imide groups is 1. The van der Waals surface area contributed by atoms with Gasteiger partial charge in [0.15, 0.2) is 0 Å². The van der Waals surface area contributed by atoms with Crippen LogP contribution in [0.2, 0.25) is 0 Å². The molecule has 0 bridgehead atoms. The van der Waals surface area contributed by atoms with Crippen LogP contribution < -0.4 is 15.5 Å². The Morgan fingerprint density at radius 3 is 2.32 bits per heavy atom. The summed E-state index contributed by atoms with van der Waals surface area (Å²) >= 11 is 0. The average molecular weight is 916 g/mol. The van der Waals surface area contributed by atoms with Crippen LogP contribution in [0.5, 0.6) is 0 Å². The minimum absolute atomic E-state index is 0.0699. The van der Waals surface area contributed by atoms with Gasteiger partial charge >= 0.3 is 0 Å². The van der Waals surface area contributed by atoms with E-state index in [1.807, 2.05) is 47.4 Å². The summed E-state index contributed by atoms with van der Waals surface area (Å²) in [4.78, 5) is 82.7. The van der Waals surface area contributed by atoms with Crippen LogP contribution in [0.3, 0.4) is 0 Å². The molecule has 2 N–H and O–H groups in total. The lowest BCUT2D eigenvalue weighted by molar-refractivity contribution is -0.137. The zero-order valence-corrected chi connectivity index (χ0v) is 38.8. The van der Waals surface area contributed by atoms with Crippen molar-refractivity contribution < 1.29 is 24.0 Å². The molecule has 1 atom stereocenters. The Morgan fingerprint density at radius 1 is 0.809 bits per heavy atom. The van der Waals surface area contributed by atoms with E-state index in [-0.39, 0.29) is 30.0 Å². The second-order valence-electron chi connectivity index (χ2n) is 18.8. The first-order chi connectivity index (χ1) is 33.2. The van der Waals surface area contributed by atoms with E-state index >= 15 is 0 Å². The molecule has 68 heavy (non-hydrogen) atoms. The van der Waals surface area contributed by atoms with Crippen LogP contribution in [0.25, 0.3) is 6.08 Å². The monoisotopic (exact) mass is 915 g/mol. The minimum atomic E-state index is -0.629. The molecular formula is C54H61N9O5. The number of amides is 5. The molecule has 1 unspecified atom stereocenters. The smallest absolute Gasteiger partial charge is 0.255 e. The minimum Gasteiger partial charge on any atom is -0.357 e. The molecule has 14 nitrogen and oxygen atoms in total. The summed E-state index contributed by atoms with van der Waals surface area (Å²) in [5.41, 5.74) is 5.90. The lowest BCUT2D eigenvalue weighted by atomic mass is 9.91. The number of rotatable bonds is 13. The van der Waals surface area contributed by atoms with Crippen LogP contribution in [0.4, 0.5) is 5.82 Å². The van der Waals surface area contributed by atoms with Crippen molar-refractivity contribution in [3.8, 4) is 11.8 Å². The maximum Gasteiger partial charge on any atom is 0.255 e. The predicted octanol–water partition coefficient (Wildman–Crippen LogP) is 5.28. The highest BCUT2D eigenvalue weighted by atomic mass is 16.2. The number of piperidine rings is 3. The zero-order chi connectivity index (χ0) is 46.8. The molecule has 0 spiro atoms. The third kappa shape index (κ3) is 11.7. The number of benzene rings is 2. The Balaban J connectivity index is 0.648. The van der Waals surface area contributed by atoms with Gasteiger partial charge in [-0.3, -0.25) is 44.1 Å². The van der Waals surface area contributed by atoms with Crippen molar-refractivity contribution >= 4 is 41.4 Å². The van der Waals surface area contributed by atoms with Crippen molar-refractivity contribution in [1.29, 1.82) is 0 Å². The summed E-state index contributed by atoms with van der Waals surface area (Å²) in [7, 11) is 0. The number of likely N-dealkylation sites (tertiary alicyclic amines) is 1. The summed E-state index contributed by atoms with van der Waals surface area (Å²) in [6, 6.07) is 21.7. The molecule has 0 aliphatic carbocycles. The van der Waals surface area contributed by atoms with Crippen LogP contribution in [0.15, 0.2) is 91.4 Å². The van der Waals surface area contributed by atoms with Gasteiger partial charge in [0.1, 0.15) is 11.9 Å². The van der Waals surface area contributed by atoms with Crippen molar-refractivity contribution in [3.63, 3.8) is 0 Å². The number of hydrogen-bond donors (Lipinski definition) is 2. The van der Waals surface area contributed by atoms with Gasteiger partial charge in [0, 0.05) is 126 Å². The fourth-order valence-electron chi connectivity index (χ4n) is 10.3. The molecule has 4 saturated heterocycles. The quantitative estimate of drug-likeness (QED) is 0.0786. The van der Waals surface area contributed by atoms with Crippen molar-refractivity contribution in [2.75, 3.05) is 63.8 Å². The third-order valence-corrected chi connectivity index (χ3v) is 14.3. The average Bonchev–Trinajstić information content (AvgIpc) is 3.70. The number of pyridine rings is 2. The number of fused-ring (bicyclic) bond motifs is 1. The summed E-state index contributed by atoms with van der Waals surface area (Å²) in [6.45, 7) is 9.55. The Labute approximate surface area is 399 Å². The van der Waals surface area contributed by atoms with Crippen LogP contribution in [0.1, 0.15) is 106 Å². The molecule has 2 aromatic carbocycles. The number of hydrogen-bond acceptors (Lipinski definition) is 10. The number of piperazine rings is 1. The molecule has 14 heteroatoms. The molecule has 7 heterocycles. The number of nitrogens with zero attached hydrogens (tertiary/aromatic N) is 7. The van der Waals surface area contributed by atoms with E-state index in [2.05, 4.69) is 66.4 Å². The molecule has 4 aromatic rings. The molecule has 9 rings (SSSR count). The second-order valence-corrected chi connectivity index (χ2v) is 18.8. The van der Waals surface area contributed by atoms with Crippen LogP contribution >= 0.6 is 0 Å². The number of nitrogens with one attached hydrogen (secondary N) is 2. The molecule has 5 aliphatic rings. The van der Waals surface area contributed by atoms with Gasteiger partial charge in [-0.05, 0) is 110 Å². The normalized spacial score (nSPS) is 19.7. The van der Waals surface area contributed by atoms with Gasteiger partial charge in [0.2, 0.25) is 17.7 Å². The highest BCUT2D eigenvalue weighted by molar-refractivity contribution is 6.05. The summed E-state index contributed by atoms with van der Waals surface area (Å²) in [5.74, 6) is 7.10. The lowest BCUT2D eigenvalue weighted by Gasteiger charge is -2.43. The molecule has 5 aliphatic heterocycles. The number of carbonyl (C=O) groups excluding carboxylic acids is 5. The second kappa shape index (κ2) is 22.0. The van der Waals surface area contributed by atoms with Gasteiger partial charge in [-0.2, -0.15) is 0 Å². The van der Waals surface area contributed by atoms with Crippen molar-refractivity contribution in [1.82, 2.24) is 40.2 Å². The van der Waals surface area contributed by atoms with E-state index in [0.29, 0.717) is 42.6 Å². The Bertz CT molecular complexity index is 2530. The first-order valence-electron chi connectivity index (χ1n) is 24.4. The highest BCUT2D eigenvalue weighted by Crippen LogP contribution is 2.29. The van der Waals surface area contributed by atoms with E-state index in [1.54, 1.807) is 35.6 Å². The van der Waals surface area contributed by atoms with E-state index in [1.165, 1.54) is 5.56 Å². The van der Waals surface area contributed by atoms with Gasteiger partial charge in [0.25, 0.3) is 11.8 Å². The first-order valence-corrected chi connectivity index (χ1v) is 24.4. The summed E-state index contributed by atoms with van der Waals surface area (Å²) < 4.78 is 0. The highest BCUT2D eigenvalue weighted by Gasteiger charge is 2.39. The van der Waals surface area contributed by atoms with Gasteiger partial charge in [0.05, 0.1) is 5.56 Å². The summed E-state index contributed by atoms with van der Waals surface area (Å²) in [6.07, 6.45) is 16.4. The van der Waals surface area contributed by atoms with Crippen LogP contribution in [0, 0.1) is 17.8 Å². The Kier molecular flexibility index (Phi) is 15.0. The number of unbranched alkanes of at least 4 members (excludes halogenated alkanes) is 1. The lowest BCUT2D eigenvalue weighted by Crippen LogP contribution is -2.53. The van der Waals surface area contributed by atoms with E-state index < -0.39 is 11.9 Å². The number of anilines is 1. The maximum absolute atomic E-state index is 13.4. The SMILES string of the molecule is O=C(/C=C/c1cccnc1)NCCCCC1CCN(C(=O)c2ccc(N3CCC(N4CCN(Cc5ccc(C#Cc6ccc7c(c6)C(=O)N(C6CCC(=O)NC6=O)C7)cc5)CC4)CC3)nc2)CC1. The van der Waals surface area contributed by atoms with Crippen LogP contribution in [-0.2, 0) is 27.5 Å². The fourth-order valence-corrected chi connectivity index (χ4v) is 10.3. The number of carbonyl (C=O) groups is 5. The van der Waals surface area contributed by atoms with Crippen molar-refractivity contribution in [3.05, 3.63) is 130 Å². The Hall–Kier alpha value is -6.69. The molecule has 0 radical (unpaired) electrons. The largest absolute Gasteiger partial charge is 0.357 e. The first kappa shape index (κ1) is 46.4. The van der Waals surface area contributed by atoms with E-state index in [9.17, 15) is 24.0 Å². The molecule has 352 valence electrons. The van der Waals surface area contributed by atoms with Crippen molar-refractivity contribution in [2.45, 2.75) is 83.0 Å². The van der Waals surface area contributed by atoms with Crippen LogP contribution in [-0.4, -0.2) is 130 Å². The molecular weight excluding hydrogens is 855 g/mol. The maximum atomic E-state index is 13.4. The zero-order valence-electron chi connectivity index (χ0n) is 38.8. The van der Waals surface area contributed by atoms with Crippen molar-refractivity contribution in [2.24, 2.45) is 5.92 Å². The fraction of sp³-hybridized carbons (Fsp3) is 0.426. The van der Waals surface area contributed by atoms with Gasteiger partial charge < -0.3 is 20.0 Å². The number of aromatic nitrogens is 2.